The Kier molecular flexibility index (Phi) is 5.61. The van der Waals surface area contributed by atoms with Gasteiger partial charge in [-0.25, -0.2) is 15.0 Å². The Morgan fingerprint density at radius 2 is 1.94 bits per heavy atom. The minimum absolute atomic E-state index is 0.214. The van der Waals surface area contributed by atoms with Gasteiger partial charge in [0.15, 0.2) is 0 Å². The molecule has 1 aliphatic heterocycles. The summed E-state index contributed by atoms with van der Waals surface area (Å²) in [6, 6.07) is 7.68. The molecule has 0 bridgehead atoms. The number of imidazole rings is 1. The summed E-state index contributed by atoms with van der Waals surface area (Å²) >= 11 is 0. The molecule has 5 aromatic rings. The number of nitrogens with one attached hydrogen (secondary N) is 3. The molecule has 0 saturated carbocycles. The first-order valence-electron chi connectivity index (χ1n) is 12.1. The number of hydrogen-bond acceptors (Lipinski definition) is 8. The highest BCUT2D eigenvalue weighted by molar-refractivity contribution is 5.96. The summed E-state index contributed by atoms with van der Waals surface area (Å²) in [5.41, 5.74) is 4.78. The molecule has 11 heteroatoms. The Morgan fingerprint density at radius 3 is 2.72 bits per heavy atom. The number of benzene rings is 1. The number of ether oxygens (including phenoxy) is 1. The predicted octanol–water partition coefficient (Wildman–Crippen LogP) is 2.99. The lowest BCUT2D eigenvalue weighted by atomic mass is 10.1. The molecule has 1 saturated heterocycles. The lowest BCUT2D eigenvalue weighted by Gasteiger charge is -2.28. The van der Waals surface area contributed by atoms with Crippen molar-refractivity contribution in [1.29, 1.82) is 0 Å². The van der Waals surface area contributed by atoms with Crippen LogP contribution in [0.4, 0.5) is 11.4 Å². The third-order valence-electron chi connectivity index (χ3n) is 6.49. The monoisotopic (exact) mass is 485 g/mol. The van der Waals surface area contributed by atoms with Crippen LogP contribution in [0, 0.1) is 0 Å². The van der Waals surface area contributed by atoms with Crippen LogP contribution in [0.15, 0.2) is 47.7 Å². The Bertz CT molecular complexity index is 1580. The largest absolute Gasteiger partial charge is 0.378 e. The van der Waals surface area contributed by atoms with E-state index in [-0.39, 0.29) is 11.6 Å². The molecule has 36 heavy (non-hydrogen) atoms. The van der Waals surface area contributed by atoms with Gasteiger partial charge in [0.2, 0.25) is 0 Å². The number of hydrogen-bond donors (Lipinski definition) is 3. The van der Waals surface area contributed by atoms with E-state index >= 15 is 0 Å². The van der Waals surface area contributed by atoms with E-state index in [9.17, 15) is 4.79 Å². The van der Waals surface area contributed by atoms with Gasteiger partial charge in [-0.3, -0.25) is 9.48 Å². The summed E-state index contributed by atoms with van der Waals surface area (Å²) in [5, 5.41) is 8.15. The second-order valence-electron chi connectivity index (χ2n) is 8.87. The van der Waals surface area contributed by atoms with Crippen molar-refractivity contribution in [1.82, 2.24) is 34.7 Å². The summed E-state index contributed by atoms with van der Waals surface area (Å²) in [4.78, 5) is 35.7. The Hall–Kier alpha value is -4.25. The number of morpholine rings is 1. The number of rotatable bonds is 6. The van der Waals surface area contributed by atoms with Gasteiger partial charge in [0.05, 0.1) is 41.5 Å². The summed E-state index contributed by atoms with van der Waals surface area (Å²) < 4.78 is 7.17. The van der Waals surface area contributed by atoms with Crippen molar-refractivity contribution in [3.8, 4) is 11.4 Å². The quantitative estimate of drug-likeness (QED) is 0.335. The van der Waals surface area contributed by atoms with E-state index in [0.29, 0.717) is 53.6 Å². The molecule has 1 aliphatic rings. The normalized spacial score (nSPS) is 15.0. The average molecular weight is 486 g/mol. The number of fused-ring (bicyclic) bond motifs is 2. The molecule has 1 unspecified atom stereocenters. The van der Waals surface area contributed by atoms with Gasteiger partial charge in [0.25, 0.3) is 5.56 Å². The topological polar surface area (TPSA) is 130 Å². The van der Waals surface area contributed by atoms with Crippen LogP contribution in [0.5, 0.6) is 0 Å². The van der Waals surface area contributed by atoms with Crippen LogP contribution in [0.1, 0.15) is 25.2 Å². The third-order valence-corrected chi connectivity index (χ3v) is 6.49. The molecule has 4 aromatic heterocycles. The maximum atomic E-state index is 13.4. The first-order chi connectivity index (χ1) is 17.6. The summed E-state index contributed by atoms with van der Waals surface area (Å²) in [6.07, 6.45) is 5.94. The predicted molar refractivity (Wildman–Crippen MR) is 138 cm³/mol. The van der Waals surface area contributed by atoms with E-state index in [2.05, 4.69) is 47.4 Å². The molecule has 0 radical (unpaired) electrons. The summed E-state index contributed by atoms with van der Waals surface area (Å²) in [7, 11) is 1.83. The number of aromatic amines is 2. The first-order valence-corrected chi connectivity index (χ1v) is 12.1. The summed E-state index contributed by atoms with van der Waals surface area (Å²) in [6.45, 7) is 5.16. The fourth-order valence-electron chi connectivity index (χ4n) is 4.70. The van der Waals surface area contributed by atoms with Crippen LogP contribution >= 0.6 is 0 Å². The van der Waals surface area contributed by atoms with Gasteiger partial charge >= 0.3 is 0 Å². The van der Waals surface area contributed by atoms with Crippen LogP contribution in [0.3, 0.4) is 0 Å². The molecule has 184 valence electrons. The third kappa shape index (κ3) is 3.97. The van der Waals surface area contributed by atoms with Crippen molar-refractivity contribution < 1.29 is 4.74 Å². The maximum absolute atomic E-state index is 13.4. The zero-order chi connectivity index (χ0) is 24.6. The van der Waals surface area contributed by atoms with Gasteiger partial charge in [-0.15, -0.1) is 0 Å². The first kappa shape index (κ1) is 22.2. The lowest BCUT2D eigenvalue weighted by molar-refractivity contribution is 0.122. The standard InChI is InChI=1S/C25H27N9O2/c1-3-16(23-26-7-4-8-27-23)28-22-20(25(35)31-19-14-33(2)32-21(19)22)24-29-17-6-5-15(13-18(17)30-24)34-9-11-36-12-10-34/h4-8,13-14,16,28H,3,9-12H2,1-2H3,(H,29,30)(H,31,35). The zero-order valence-electron chi connectivity index (χ0n) is 20.2. The van der Waals surface area contributed by atoms with Crippen LogP contribution in [-0.4, -0.2) is 61.0 Å². The number of anilines is 2. The van der Waals surface area contributed by atoms with E-state index < -0.39 is 0 Å². The number of H-pyrrole nitrogens is 2. The minimum Gasteiger partial charge on any atom is -0.378 e. The van der Waals surface area contributed by atoms with E-state index in [1.807, 2.05) is 20.0 Å². The fraction of sp³-hybridized carbons (Fsp3) is 0.320. The maximum Gasteiger partial charge on any atom is 0.261 e. The molecule has 11 nitrogen and oxygen atoms in total. The molecular formula is C25H27N9O2. The molecule has 6 rings (SSSR count). The Morgan fingerprint density at radius 1 is 1.14 bits per heavy atom. The second kappa shape index (κ2) is 9.08. The lowest BCUT2D eigenvalue weighted by Crippen LogP contribution is -2.36. The molecule has 0 spiro atoms. The highest BCUT2D eigenvalue weighted by Crippen LogP contribution is 2.33. The Labute approximate surface area is 206 Å². The average Bonchev–Trinajstić information content (AvgIpc) is 3.49. The van der Waals surface area contributed by atoms with Crippen LogP contribution in [0.25, 0.3) is 33.5 Å². The van der Waals surface area contributed by atoms with Crippen molar-refractivity contribution in [2.45, 2.75) is 19.4 Å². The minimum atomic E-state index is -0.255. The number of aromatic nitrogens is 7. The highest BCUT2D eigenvalue weighted by Gasteiger charge is 2.23. The van der Waals surface area contributed by atoms with Gasteiger partial charge in [0.1, 0.15) is 22.7 Å². The van der Waals surface area contributed by atoms with Crippen molar-refractivity contribution in [3.05, 3.63) is 59.0 Å². The van der Waals surface area contributed by atoms with Gasteiger partial charge in [-0.1, -0.05) is 6.92 Å². The molecule has 1 aromatic carbocycles. The van der Waals surface area contributed by atoms with Gasteiger partial charge in [-0.05, 0) is 30.7 Å². The molecule has 5 heterocycles. The molecule has 0 aliphatic carbocycles. The second-order valence-corrected chi connectivity index (χ2v) is 8.87. The number of nitrogens with zero attached hydrogens (tertiary/aromatic N) is 6. The van der Waals surface area contributed by atoms with E-state index in [1.54, 1.807) is 29.3 Å². The number of aryl methyl sites for hydroxylation is 1. The van der Waals surface area contributed by atoms with Crippen LogP contribution in [0.2, 0.25) is 0 Å². The zero-order valence-corrected chi connectivity index (χ0v) is 20.2. The smallest absolute Gasteiger partial charge is 0.261 e. The number of pyridine rings is 1. The summed E-state index contributed by atoms with van der Waals surface area (Å²) in [5.74, 6) is 1.12. The van der Waals surface area contributed by atoms with Crippen molar-refractivity contribution in [3.63, 3.8) is 0 Å². The SMILES string of the molecule is CCC(Nc1c(-c2nc3ccc(N4CCOCC4)cc3[nH]2)c(=O)[nH]c2cn(C)nc12)c1ncccn1. The van der Waals surface area contributed by atoms with E-state index in [0.717, 1.165) is 29.8 Å². The van der Waals surface area contributed by atoms with Crippen molar-refractivity contribution in [2.24, 2.45) is 7.05 Å². The van der Waals surface area contributed by atoms with Crippen molar-refractivity contribution >= 4 is 33.4 Å². The van der Waals surface area contributed by atoms with E-state index in [1.165, 1.54) is 0 Å². The van der Waals surface area contributed by atoms with Gasteiger partial charge < -0.3 is 24.9 Å². The highest BCUT2D eigenvalue weighted by atomic mass is 16.5. The van der Waals surface area contributed by atoms with Gasteiger partial charge in [-0.2, -0.15) is 5.10 Å². The van der Waals surface area contributed by atoms with Crippen molar-refractivity contribution in [2.75, 3.05) is 36.5 Å². The Balaban J connectivity index is 1.48. The van der Waals surface area contributed by atoms with Crippen LogP contribution in [-0.2, 0) is 11.8 Å². The molecule has 3 N–H and O–H groups in total. The van der Waals surface area contributed by atoms with Crippen LogP contribution < -0.4 is 15.8 Å². The molecule has 1 atom stereocenters. The molecule has 0 amide bonds. The van der Waals surface area contributed by atoms with E-state index in [4.69, 9.17) is 9.72 Å². The molecule has 1 fully saturated rings. The molecular weight excluding hydrogens is 458 g/mol. The van der Waals surface area contributed by atoms with Gasteiger partial charge in [0, 0.05) is 44.4 Å². The fourth-order valence-corrected chi connectivity index (χ4v) is 4.70.